The van der Waals surface area contributed by atoms with Crippen LogP contribution in [0.3, 0.4) is 0 Å². The molecule has 9 heteroatoms. The number of carbonyl (C=O) groups is 1. The number of anilines is 1. The molecule has 0 radical (unpaired) electrons. The molecule has 2 aromatic rings. The lowest BCUT2D eigenvalue weighted by Gasteiger charge is -2.16. The highest BCUT2D eigenvalue weighted by Crippen LogP contribution is 2.39. The molecule has 3 rings (SSSR count). The topological polar surface area (TPSA) is 75.6 Å². The van der Waals surface area contributed by atoms with Crippen LogP contribution in [0.25, 0.3) is 0 Å². The van der Waals surface area contributed by atoms with Gasteiger partial charge in [-0.05, 0) is 30.5 Å². The summed E-state index contributed by atoms with van der Waals surface area (Å²) >= 11 is 8.65. The van der Waals surface area contributed by atoms with Crippen molar-refractivity contribution in [1.29, 1.82) is 0 Å². The van der Waals surface area contributed by atoms with Gasteiger partial charge in [-0.15, -0.1) is 16.2 Å². The van der Waals surface area contributed by atoms with Crippen molar-refractivity contribution in [2.24, 2.45) is 4.40 Å². The molecule has 1 amide bonds. The summed E-state index contributed by atoms with van der Waals surface area (Å²) < 4.78 is 28.7. The normalized spacial score (nSPS) is 15.3. The van der Waals surface area contributed by atoms with Crippen LogP contribution in [-0.2, 0) is 10.0 Å². The van der Waals surface area contributed by atoms with Gasteiger partial charge in [0.2, 0.25) is 0 Å². The molecular weight excluding hydrogens is 388 g/mol. The van der Waals surface area contributed by atoms with E-state index in [0.29, 0.717) is 15.0 Å². The maximum absolute atomic E-state index is 12.4. The highest BCUT2D eigenvalue weighted by molar-refractivity contribution is 8.39. The predicted octanol–water partition coefficient (Wildman–Crippen LogP) is 4.11. The summed E-state index contributed by atoms with van der Waals surface area (Å²) in [5, 5.41) is 2.88. The summed E-state index contributed by atoms with van der Waals surface area (Å²) in [7, 11) is -3.84. The molecule has 124 valence electrons. The molecule has 0 unspecified atom stereocenters. The van der Waals surface area contributed by atoms with Crippen molar-refractivity contribution in [3.63, 3.8) is 0 Å². The number of fused-ring (bicyclic) bond motifs is 1. The Bertz CT molecular complexity index is 944. The molecular formula is C15H11ClN2O3S3. The number of benzene rings is 2. The summed E-state index contributed by atoms with van der Waals surface area (Å²) in [5.41, 5.74) is 0.683. The fourth-order valence-corrected chi connectivity index (χ4v) is 5.84. The molecule has 1 N–H and O–H groups in total. The first-order chi connectivity index (χ1) is 11.4. The molecule has 2 aromatic carbocycles. The Morgan fingerprint density at radius 1 is 1.25 bits per heavy atom. The fourth-order valence-electron chi connectivity index (χ4n) is 2.05. The van der Waals surface area contributed by atoms with Crippen molar-refractivity contribution < 1.29 is 13.2 Å². The minimum atomic E-state index is -3.84. The van der Waals surface area contributed by atoms with Gasteiger partial charge < -0.3 is 5.32 Å². The van der Waals surface area contributed by atoms with Gasteiger partial charge >= 0.3 is 0 Å². The third-order valence-corrected chi connectivity index (χ3v) is 7.16. The Morgan fingerprint density at radius 2 is 1.96 bits per heavy atom. The molecule has 0 atom stereocenters. The maximum atomic E-state index is 12.4. The lowest BCUT2D eigenvalue weighted by atomic mass is 10.2. The van der Waals surface area contributed by atoms with Crippen LogP contribution in [0.2, 0.25) is 5.02 Å². The maximum Gasteiger partial charge on any atom is 0.285 e. The molecule has 1 aliphatic rings. The van der Waals surface area contributed by atoms with Crippen LogP contribution >= 0.6 is 35.1 Å². The largest absolute Gasteiger partial charge is 0.322 e. The fraction of sp³-hybridized carbons (Fsp3) is 0.0667. The van der Waals surface area contributed by atoms with Crippen molar-refractivity contribution in [1.82, 2.24) is 0 Å². The van der Waals surface area contributed by atoms with Gasteiger partial charge in [0.1, 0.15) is 9.27 Å². The van der Waals surface area contributed by atoms with Gasteiger partial charge in [0, 0.05) is 10.6 Å². The first-order valence-electron chi connectivity index (χ1n) is 6.67. The lowest BCUT2D eigenvalue weighted by molar-refractivity contribution is 0.102. The van der Waals surface area contributed by atoms with Gasteiger partial charge in [0.05, 0.1) is 10.6 Å². The van der Waals surface area contributed by atoms with Gasteiger partial charge in [-0.1, -0.05) is 41.6 Å². The van der Waals surface area contributed by atoms with E-state index >= 15 is 0 Å². The monoisotopic (exact) mass is 398 g/mol. The van der Waals surface area contributed by atoms with Crippen molar-refractivity contribution in [3.05, 3.63) is 53.1 Å². The minimum absolute atomic E-state index is 0.00656. The molecule has 1 aliphatic heterocycles. The van der Waals surface area contributed by atoms with Crippen molar-refractivity contribution in [2.45, 2.75) is 9.79 Å². The van der Waals surface area contributed by atoms with E-state index in [1.807, 2.05) is 6.07 Å². The second kappa shape index (κ2) is 6.79. The van der Waals surface area contributed by atoms with E-state index < -0.39 is 15.9 Å². The van der Waals surface area contributed by atoms with E-state index in [2.05, 4.69) is 9.71 Å². The zero-order chi connectivity index (χ0) is 17.3. The summed E-state index contributed by atoms with van der Waals surface area (Å²) in [6, 6.07) is 11.6. The first kappa shape index (κ1) is 17.3. The van der Waals surface area contributed by atoms with Crippen molar-refractivity contribution in [3.8, 4) is 0 Å². The van der Waals surface area contributed by atoms with E-state index in [-0.39, 0.29) is 15.5 Å². The number of nitrogens with zero attached hydrogens (tertiary/aromatic N) is 1. The third-order valence-electron chi connectivity index (χ3n) is 3.15. The molecule has 0 aromatic heterocycles. The van der Waals surface area contributed by atoms with E-state index in [9.17, 15) is 13.2 Å². The van der Waals surface area contributed by atoms with Gasteiger partial charge in [-0.3, -0.25) is 4.79 Å². The predicted molar refractivity (Wildman–Crippen MR) is 99.8 cm³/mol. The van der Waals surface area contributed by atoms with Crippen LogP contribution in [-0.4, -0.2) is 25.0 Å². The first-order valence-corrected chi connectivity index (χ1v) is 10.5. The Kier molecular flexibility index (Phi) is 4.91. The molecule has 0 bridgehead atoms. The summed E-state index contributed by atoms with van der Waals surface area (Å²) in [6.45, 7) is 0. The van der Waals surface area contributed by atoms with E-state index in [0.717, 1.165) is 0 Å². The molecule has 5 nitrogen and oxygen atoms in total. The molecule has 0 fully saturated rings. The lowest BCUT2D eigenvalue weighted by Crippen LogP contribution is -2.15. The number of hydrogen-bond acceptors (Lipinski definition) is 5. The van der Waals surface area contributed by atoms with Gasteiger partial charge in [0.15, 0.2) is 0 Å². The molecule has 0 aliphatic carbocycles. The van der Waals surface area contributed by atoms with Gasteiger partial charge in [0.25, 0.3) is 15.9 Å². The zero-order valence-electron chi connectivity index (χ0n) is 12.3. The van der Waals surface area contributed by atoms with Gasteiger partial charge in [-0.2, -0.15) is 8.42 Å². The van der Waals surface area contributed by atoms with Crippen LogP contribution in [0.4, 0.5) is 5.69 Å². The highest BCUT2D eigenvalue weighted by Gasteiger charge is 2.28. The minimum Gasteiger partial charge on any atom is -0.322 e. The van der Waals surface area contributed by atoms with E-state index in [1.54, 1.807) is 30.5 Å². The number of rotatable bonds is 2. The smallest absolute Gasteiger partial charge is 0.285 e. The Morgan fingerprint density at radius 3 is 2.62 bits per heavy atom. The Balaban J connectivity index is 2.00. The number of hydrogen-bond donors (Lipinski definition) is 1. The molecule has 24 heavy (non-hydrogen) atoms. The number of halogens is 1. The number of amides is 1. The van der Waals surface area contributed by atoms with Crippen LogP contribution < -0.4 is 5.32 Å². The van der Waals surface area contributed by atoms with Crippen LogP contribution in [0.15, 0.2) is 56.7 Å². The van der Waals surface area contributed by atoms with E-state index in [1.165, 1.54) is 35.7 Å². The highest BCUT2D eigenvalue weighted by atomic mass is 35.5. The van der Waals surface area contributed by atoms with Crippen LogP contribution in [0.5, 0.6) is 0 Å². The SMILES string of the molecule is CSC1=NS(=O)(=O)c2cc(C(=O)Nc3ccccc3)c(Cl)cc2S1. The second-order valence-electron chi connectivity index (χ2n) is 4.74. The number of sulfonamides is 1. The Labute approximate surface area is 152 Å². The summed E-state index contributed by atoms with van der Waals surface area (Å²) in [6.07, 6.45) is 1.75. The average molecular weight is 399 g/mol. The Hall–Kier alpha value is -1.48. The third kappa shape index (κ3) is 3.46. The molecule has 0 saturated heterocycles. The molecule has 0 saturated carbocycles. The molecule has 1 heterocycles. The average Bonchev–Trinajstić information content (AvgIpc) is 2.54. The van der Waals surface area contributed by atoms with E-state index in [4.69, 9.17) is 11.6 Å². The van der Waals surface area contributed by atoms with Crippen LogP contribution in [0.1, 0.15) is 10.4 Å². The number of nitrogens with one attached hydrogen (secondary N) is 1. The zero-order valence-corrected chi connectivity index (χ0v) is 15.5. The quantitative estimate of drug-likeness (QED) is 0.823. The number of para-hydroxylation sites is 1. The van der Waals surface area contributed by atoms with Crippen molar-refractivity contribution in [2.75, 3.05) is 11.6 Å². The summed E-state index contributed by atoms with van der Waals surface area (Å²) in [5.74, 6) is -0.478. The standard InChI is InChI=1S/C15H11ClN2O3S3/c1-22-15-18-24(20,21)13-7-10(11(16)8-12(13)23-15)14(19)17-9-5-3-2-4-6-9/h2-8H,1H3,(H,17,19). The second-order valence-corrected chi connectivity index (χ2v) is 8.80. The number of carbonyl (C=O) groups excluding carboxylic acids is 1. The summed E-state index contributed by atoms with van der Waals surface area (Å²) in [4.78, 5) is 12.9. The van der Waals surface area contributed by atoms with Crippen molar-refractivity contribution >= 4 is 61.1 Å². The number of thioether (sulfide) groups is 2. The van der Waals surface area contributed by atoms with Gasteiger partial charge in [-0.25, -0.2) is 0 Å². The van der Waals surface area contributed by atoms with Crippen LogP contribution in [0, 0.1) is 0 Å². The molecule has 0 spiro atoms.